The molecule has 0 bridgehead atoms. The number of hydrogen-bond acceptors (Lipinski definition) is 4. The number of carbonyl (C=O) groups excluding carboxylic acids is 2. The van der Waals surface area contributed by atoms with Gasteiger partial charge in [0.25, 0.3) is 5.91 Å². The fraction of sp³-hybridized carbons (Fsp3) is 0.333. The minimum Gasteiger partial charge on any atom is -0.379 e. The summed E-state index contributed by atoms with van der Waals surface area (Å²) in [5, 5.41) is 5.71. The Morgan fingerprint density at radius 2 is 2.07 bits per heavy atom. The van der Waals surface area contributed by atoms with Crippen LogP contribution in [0.5, 0.6) is 0 Å². The summed E-state index contributed by atoms with van der Waals surface area (Å²) >= 11 is 0. The first-order valence-corrected chi connectivity index (χ1v) is 9.54. The number of nitrogens with zero attached hydrogens (tertiary/aromatic N) is 1. The lowest BCUT2D eigenvalue weighted by Gasteiger charge is -2.25. The lowest BCUT2D eigenvalue weighted by Crippen LogP contribution is -2.41. The monoisotopic (exact) mass is 398 g/mol. The number of aromatic nitrogens is 1. The Bertz CT molecular complexity index is 1010. The quantitative estimate of drug-likeness (QED) is 0.691. The lowest BCUT2D eigenvalue weighted by molar-refractivity contribution is -0.118. The summed E-state index contributed by atoms with van der Waals surface area (Å²) in [7, 11) is 0. The Labute approximate surface area is 167 Å². The van der Waals surface area contributed by atoms with E-state index in [4.69, 9.17) is 4.74 Å². The maximum atomic E-state index is 13.7. The molecule has 1 saturated heterocycles. The van der Waals surface area contributed by atoms with Crippen molar-refractivity contribution in [1.82, 2.24) is 9.88 Å². The van der Waals surface area contributed by atoms with Crippen molar-refractivity contribution in [2.45, 2.75) is 13.8 Å². The molecule has 0 saturated carbocycles. The SMILES string of the molecule is Cc1[nH]c(C=C2C(=O)Nc3ccc(F)cc32)c(C)c1NC(=O)CN1CCOCC1. The van der Waals surface area contributed by atoms with Crippen LogP contribution in [0.25, 0.3) is 11.6 Å². The number of aryl methyl sites for hydroxylation is 1. The molecule has 0 atom stereocenters. The average Bonchev–Trinajstić information content (AvgIpc) is 3.13. The van der Waals surface area contributed by atoms with Gasteiger partial charge in [-0.05, 0) is 43.7 Å². The highest BCUT2D eigenvalue weighted by Crippen LogP contribution is 2.35. The van der Waals surface area contributed by atoms with E-state index in [0.717, 1.165) is 24.3 Å². The summed E-state index contributed by atoms with van der Waals surface area (Å²) in [6, 6.07) is 4.21. The first-order valence-electron chi connectivity index (χ1n) is 9.54. The highest BCUT2D eigenvalue weighted by atomic mass is 19.1. The number of fused-ring (bicyclic) bond motifs is 1. The molecule has 1 aromatic carbocycles. The van der Waals surface area contributed by atoms with E-state index in [1.807, 2.05) is 18.7 Å². The van der Waals surface area contributed by atoms with Crippen LogP contribution in [-0.2, 0) is 14.3 Å². The third-order valence-electron chi connectivity index (χ3n) is 5.26. The molecular weight excluding hydrogens is 375 g/mol. The van der Waals surface area contributed by atoms with Crippen molar-refractivity contribution in [1.29, 1.82) is 0 Å². The number of benzene rings is 1. The van der Waals surface area contributed by atoms with Gasteiger partial charge < -0.3 is 20.4 Å². The molecule has 0 aliphatic carbocycles. The zero-order chi connectivity index (χ0) is 20.5. The largest absolute Gasteiger partial charge is 0.379 e. The average molecular weight is 398 g/mol. The van der Waals surface area contributed by atoms with E-state index < -0.39 is 5.82 Å². The van der Waals surface area contributed by atoms with Crippen LogP contribution in [0, 0.1) is 19.7 Å². The van der Waals surface area contributed by atoms with Crippen molar-refractivity contribution in [3.05, 3.63) is 46.5 Å². The van der Waals surface area contributed by atoms with Crippen molar-refractivity contribution in [2.75, 3.05) is 43.5 Å². The van der Waals surface area contributed by atoms with Gasteiger partial charge in [0.1, 0.15) is 5.82 Å². The van der Waals surface area contributed by atoms with Crippen LogP contribution in [-0.4, -0.2) is 54.5 Å². The van der Waals surface area contributed by atoms with Crippen LogP contribution >= 0.6 is 0 Å². The number of aromatic amines is 1. The summed E-state index contributed by atoms with van der Waals surface area (Å²) in [6.07, 6.45) is 1.70. The molecule has 7 nitrogen and oxygen atoms in total. The highest BCUT2D eigenvalue weighted by Gasteiger charge is 2.25. The standard InChI is InChI=1S/C21H23FN4O3/c1-12-18(10-16-15-9-14(22)3-4-17(15)24-21(16)28)23-13(2)20(12)25-19(27)11-26-5-7-29-8-6-26/h3-4,9-10,23H,5-8,11H2,1-2H3,(H,24,28)(H,25,27). The number of ether oxygens (including phenoxy) is 1. The first-order chi connectivity index (χ1) is 13.9. The van der Waals surface area contributed by atoms with Gasteiger partial charge in [0.15, 0.2) is 0 Å². The molecule has 3 heterocycles. The number of amides is 2. The number of H-pyrrole nitrogens is 1. The molecule has 152 valence electrons. The van der Waals surface area contributed by atoms with Crippen molar-refractivity contribution < 1.29 is 18.7 Å². The Kier molecular flexibility index (Phi) is 5.21. The molecule has 1 fully saturated rings. The van der Waals surface area contributed by atoms with E-state index in [1.165, 1.54) is 12.1 Å². The van der Waals surface area contributed by atoms with Crippen LogP contribution in [0.3, 0.4) is 0 Å². The first kappa shape index (κ1) is 19.4. The van der Waals surface area contributed by atoms with E-state index in [2.05, 4.69) is 15.6 Å². The predicted octanol–water partition coefficient (Wildman–Crippen LogP) is 2.53. The number of rotatable bonds is 4. The molecule has 2 aliphatic heterocycles. The van der Waals surface area contributed by atoms with Gasteiger partial charge in [-0.1, -0.05) is 0 Å². The highest BCUT2D eigenvalue weighted by molar-refractivity contribution is 6.34. The molecular formula is C21H23FN4O3. The summed E-state index contributed by atoms with van der Waals surface area (Å²) in [5.74, 6) is -0.779. The second kappa shape index (κ2) is 7.81. The molecule has 0 unspecified atom stereocenters. The van der Waals surface area contributed by atoms with Gasteiger partial charge in [-0.3, -0.25) is 14.5 Å². The van der Waals surface area contributed by atoms with E-state index >= 15 is 0 Å². The number of nitrogens with one attached hydrogen (secondary N) is 3. The zero-order valence-electron chi connectivity index (χ0n) is 16.4. The van der Waals surface area contributed by atoms with Gasteiger partial charge in [-0.25, -0.2) is 4.39 Å². The van der Waals surface area contributed by atoms with Crippen molar-refractivity contribution in [3.8, 4) is 0 Å². The number of anilines is 2. The van der Waals surface area contributed by atoms with Gasteiger partial charge in [0.2, 0.25) is 5.91 Å². The van der Waals surface area contributed by atoms with E-state index in [0.29, 0.717) is 48.0 Å². The second-order valence-electron chi connectivity index (χ2n) is 7.30. The van der Waals surface area contributed by atoms with Crippen molar-refractivity contribution in [2.24, 2.45) is 0 Å². The summed E-state index contributed by atoms with van der Waals surface area (Å²) in [6.45, 7) is 6.79. The van der Waals surface area contributed by atoms with Gasteiger partial charge in [0.05, 0.1) is 31.0 Å². The van der Waals surface area contributed by atoms with Crippen molar-refractivity contribution in [3.63, 3.8) is 0 Å². The van der Waals surface area contributed by atoms with E-state index in [-0.39, 0.29) is 11.8 Å². The Morgan fingerprint density at radius 3 is 2.83 bits per heavy atom. The molecule has 1 aromatic heterocycles. The fourth-order valence-electron chi connectivity index (χ4n) is 3.70. The molecule has 4 rings (SSSR count). The van der Waals surface area contributed by atoms with Crippen LogP contribution in [0.1, 0.15) is 22.5 Å². The molecule has 0 radical (unpaired) electrons. The maximum Gasteiger partial charge on any atom is 0.256 e. The Hall–Kier alpha value is -2.97. The smallest absolute Gasteiger partial charge is 0.256 e. The second-order valence-corrected chi connectivity index (χ2v) is 7.30. The molecule has 0 spiro atoms. The normalized spacial score (nSPS) is 18.0. The Balaban J connectivity index is 1.56. The minimum atomic E-state index is -0.401. The van der Waals surface area contributed by atoms with Crippen LogP contribution in [0.15, 0.2) is 18.2 Å². The zero-order valence-corrected chi connectivity index (χ0v) is 16.4. The van der Waals surface area contributed by atoms with Crippen LogP contribution in [0.4, 0.5) is 15.8 Å². The van der Waals surface area contributed by atoms with E-state index in [9.17, 15) is 14.0 Å². The van der Waals surface area contributed by atoms with Gasteiger partial charge >= 0.3 is 0 Å². The molecule has 3 N–H and O–H groups in total. The topological polar surface area (TPSA) is 86.5 Å². The van der Waals surface area contributed by atoms with Crippen LogP contribution in [0.2, 0.25) is 0 Å². The van der Waals surface area contributed by atoms with Crippen molar-refractivity contribution >= 4 is 34.8 Å². The summed E-state index contributed by atoms with van der Waals surface area (Å²) in [4.78, 5) is 30.1. The number of morpholine rings is 1. The molecule has 8 heteroatoms. The van der Waals surface area contributed by atoms with Gasteiger partial charge in [-0.15, -0.1) is 0 Å². The maximum absolute atomic E-state index is 13.7. The minimum absolute atomic E-state index is 0.0951. The van der Waals surface area contributed by atoms with E-state index in [1.54, 1.807) is 12.1 Å². The summed E-state index contributed by atoms with van der Waals surface area (Å²) < 4.78 is 19.0. The molecule has 2 aromatic rings. The van der Waals surface area contributed by atoms with Gasteiger partial charge in [0, 0.05) is 35.7 Å². The van der Waals surface area contributed by atoms with Crippen LogP contribution < -0.4 is 10.6 Å². The molecule has 2 aliphatic rings. The predicted molar refractivity (Wildman–Crippen MR) is 109 cm³/mol. The lowest BCUT2D eigenvalue weighted by atomic mass is 10.0. The third-order valence-corrected chi connectivity index (χ3v) is 5.26. The third kappa shape index (κ3) is 3.94. The summed E-state index contributed by atoms with van der Waals surface area (Å²) in [5.41, 5.74) is 4.52. The Morgan fingerprint density at radius 1 is 1.31 bits per heavy atom. The molecule has 2 amide bonds. The van der Waals surface area contributed by atoms with Gasteiger partial charge in [-0.2, -0.15) is 0 Å². The number of carbonyl (C=O) groups is 2. The molecule has 29 heavy (non-hydrogen) atoms. The fourth-order valence-corrected chi connectivity index (χ4v) is 3.70. The number of halogens is 1. The number of hydrogen-bond donors (Lipinski definition) is 3.